The Morgan fingerprint density at radius 2 is 0.864 bits per heavy atom. The van der Waals surface area contributed by atoms with Crippen molar-refractivity contribution in [3.63, 3.8) is 0 Å². The Morgan fingerprint density at radius 3 is 1.43 bits per heavy atom. The molecule has 0 saturated carbocycles. The van der Waals surface area contributed by atoms with E-state index in [2.05, 4.69) is 416 Å². The Balaban J connectivity index is 0.989. The Hall–Kier alpha value is -14.3. The summed E-state index contributed by atoms with van der Waals surface area (Å²) in [4.78, 5) is 7.55. The van der Waals surface area contributed by atoms with Gasteiger partial charge in [0, 0.05) is 45.9 Å². The maximum atomic E-state index is 4.61. The molecule has 0 aromatic heterocycles. The zero-order valence-electron chi connectivity index (χ0n) is 61.2. The summed E-state index contributed by atoms with van der Waals surface area (Å²) in [6.07, 6.45) is 35.5. The molecule has 0 amide bonds. The Morgan fingerprint density at radius 1 is 0.382 bits per heavy atom. The fraction of sp³-hybridized carbons (Fsp3) is 0.00943. The van der Waals surface area contributed by atoms with Gasteiger partial charge in [0.2, 0.25) is 0 Å². The van der Waals surface area contributed by atoms with E-state index in [1.165, 1.54) is 92.9 Å². The summed E-state index contributed by atoms with van der Waals surface area (Å²) in [6.45, 7) is 10.6. The van der Waals surface area contributed by atoms with E-state index in [0.29, 0.717) is 0 Å². The molecule has 2 aliphatic heterocycles. The molecular formula is C106H76BN3. The molecule has 1 aliphatic carbocycles. The van der Waals surface area contributed by atoms with Gasteiger partial charge in [-0.05, 0) is 212 Å². The van der Waals surface area contributed by atoms with Crippen LogP contribution in [0.15, 0.2) is 438 Å². The van der Waals surface area contributed by atoms with Crippen LogP contribution >= 0.6 is 0 Å². The van der Waals surface area contributed by atoms with Gasteiger partial charge < -0.3 is 14.7 Å². The second kappa shape index (κ2) is 29.9. The largest absolute Gasteiger partial charge is 0.317 e. The van der Waals surface area contributed by atoms with Crippen LogP contribution in [-0.4, -0.2) is 6.71 Å². The fourth-order valence-electron chi connectivity index (χ4n) is 16.8. The fourth-order valence-corrected chi connectivity index (χ4v) is 16.8. The molecule has 0 N–H and O–H groups in total. The minimum atomic E-state index is -0.300. The van der Waals surface area contributed by atoms with Crippen molar-refractivity contribution in [3.8, 4) is 44.5 Å². The average molecular weight is 1400 g/mol. The van der Waals surface area contributed by atoms with E-state index < -0.39 is 0 Å². The lowest BCUT2D eigenvalue weighted by atomic mass is 9.33. The molecule has 4 heteroatoms. The van der Waals surface area contributed by atoms with Crippen molar-refractivity contribution < 1.29 is 0 Å². The number of benzene rings is 15. The van der Waals surface area contributed by atoms with Gasteiger partial charge in [-0.15, -0.1) is 5.73 Å². The molecule has 0 fully saturated rings. The highest BCUT2D eigenvalue weighted by atomic mass is 15.2. The highest BCUT2D eigenvalue weighted by Crippen LogP contribution is 2.52. The Labute approximate surface area is 644 Å². The Bertz CT molecular complexity index is 6340. The molecule has 518 valence electrons. The zero-order chi connectivity index (χ0) is 73.9. The standard InChI is InChI=1S/C106H76BN3/c1-4-6-18-40-74(3)78-48-39-49-79(68-78)82(41-7-5-2)73-108-98-69-80(104-91-59-33-29-55-87(91)102(76-44-21-14-22-45-76)88-56-30-34-60-92(88)104)64-66-95(98)107-96-67-65-81(105-93-61-35-31-57-89(93)103(77-46-23-15-24-47-77)90-58-32-36-62-94(90)105)70-99(96)110(97-63-38-37-54-86(97)75-42-19-12-10-8-9-11-13-20-43-75)101-72-85(71-100(108)106(101)107)109(83-50-25-16-26-51-83)84-52-27-17-28-53-84/h4-10,12-73H,2-3H2,1H3/b6-4-,10-8-,19-12-,40-18-,41-7-,43-20?,75-42?,82-73-. The summed E-state index contributed by atoms with van der Waals surface area (Å²) < 4.78 is 0. The first kappa shape index (κ1) is 67.6. The topological polar surface area (TPSA) is 9.72 Å². The molecule has 3 aliphatic rings. The van der Waals surface area contributed by atoms with Crippen LogP contribution in [0.3, 0.4) is 0 Å². The SMILES string of the molecule is C=C/C=C\C(=C\N1c2cc(-c3c4ccccc4c(-c4ccccc4)c4ccccc34)ccc2B2c3ccc(-c4c5ccccc5c(-c5ccccc5)c5ccccc45)cc3N(c3ccccc3C3=C/C=C\C=C/C=C=CC=C3)c3cc(N(c4ccccc4)c4ccccc4)cc1c32)c1cccc(C(=C)/C=C\C=C/C)c1. The smallest absolute Gasteiger partial charge is 0.252 e. The monoisotopic (exact) mass is 1400 g/mol. The molecule has 18 rings (SSSR count). The molecular weight excluding hydrogens is 1330 g/mol. The van der Waals surface area contributed by atoms with Gasteiger partial charge in [-0.1, -0.05) is 353 Å². The van der Waals surface area contributed by atoms with Crippen LogP contribution in [0, 0.1) is 0 Å². The van der Waals surface area contributed by atoms with E-state index in [1.54, 1.807) is 0 Å². The third-order valence-electron chi connectivity index (χ3n) is 21.5. The Kier molecular flexibility index (Phi) is 18.4. The van der Waals surface area contributed by atoms with Crippen molar-refractivity contribution >= 4 is 128 Å². The van der Waals surface area contributed by atoms with Gasteiger partial charge in [-0.2, -0.15) is 0 Å². The number of nitrogens with zero attached hydrogens (tertiary/aromatic N) is 3. The summed E-state index contributed by atoms with van der Waals surface area (Å²) in [5, 5.41) is 9.53. The molecule has 2 heterocycles. The third kappa shape index (κ3) is 12.4. The molecule has 0 bridgehead atoms. The summed E-state index contributed by atoms with van der Waals surface area (Å²) in [7, 11) is 0. The quantitative estimate of drug-likeness (QED) is 0.0413. The van der Waals surface area contributed by atoms with Gasteiger partial charge in [-0.25, -0.2) is 0 Å². The van der Waals surface area contributed by atoms with Crippen molar-refractivity contribution in [2.75, 3.05) is 14.7 Å². The number of allylic oxidation sites excluding steroid dienone is 18. The van der Waals surface area contributed by atoms with Gasteiger partial charge in [-0.3, -0.25) is 0 Å². The normalized spacial score (nSPS) is 13.8. The van der Waals surface area contributed by atoms with Crippen LogP contribution in [0.25, 0.3) is 104 Å². The minimum Gasteiger partial charge on any atom is -0.317 e. The van der Waals surface area contributed by atoms with E-state index >= 15 is 0 Å². The first-order chi connectivity index (χ1) is 54.5. The van der Waals surface area contributed by atoms with Crippen LogP contribution in [0.5, 0.6) is 0 Å². The van der Waals surface area contributed by atoms with E-state index in [0.717, 1.165) is 90.0 Å². The molecule has 0 unspecified atom stereocenters. The summed E-state index contributed by atoms with van der Waals surface area (Å²) in [5.74, 6) is 0. The molecule has 0 saturated heterocycles. The van der Waals surface area contributed by atoms with Crippen molar-refractivity contribution in [2.45, 2.75) is 6.92 Å². The van der Waals surface area contributed by atoms with Gasteiger partial charge in [0.1, 0.15) is 0 Å². The van der Waals surface area contributed by atoms with Gasteiger partial charge in [0.25, 0.3) is 6.71 Å². The van der Waals surface area contributed by atoms with Crippen molar-refractivity contribution in [1.29, 1.82) is 0 Å². The second-order valence-electron chi connectivity index (χ2n) is 27.9. The molecule has 0 spiro atoms. The summed E-state index contributed by atoms with van der Waals surface area (Å²) >= 11 is 0. The first-order valence-electron chi connectivity index (χ1n) is 37.8. The maximum absolute atomic E-state index is 4.61. The first-order valence-corrected chi connectivity index (χ1v) is 37.8. The molecule has 0 atom stereocenters. The number of rotatable bonds is 16. The van der Waals surface area contributed by atoms with Gasteiger partial charge in [0.05, 0.1) is 11.4 Å². The molecule has 3 nitrogen and oxygen atoms in total. The van der Waals surface area contributed by atoms with Crippen LogP contribution < -0.4 is 31.1 Å². The van der Waals surface area contributed by atoms with Crippen molar-refractivity contribution in [2.24, 2.45) is 0 Å². The molecule has 15 aromatic rings. The molecule has 110 heavy (non-hydrogen) atoms. The molecule has 15 aromatic carbocycles. The molecule has 0 radical (unpaired) electrons. The van der Waals surface area contributed by atoms with Crippen molar-refractivity contribution in [1.82, 2.24) is 0 Å². The van der Waals surface area contributed by atoms with Gasteiger partial charge >= 0.3 is 0 Å². The predicted molar refractivity (Wildman–Crippen MR) is 476 cm³/mol. The van der Waals surface area contributed by atoms with E-state index in [9.17, 15) is 0 Å². The lowest BCUT2D eigenvalue weighted by Gasteiger charge is -2.45. The van der Waals surface area contributed by atoms with E-state index in [-0.39, 0.29) is 6.71 Å². The maximum Gasteiger partial charge on any atom is 0.252 e. The van der Waals surface area contributed by atoms with Crippen LogP contribution in [0.1, 0.15) is 23.6 Å². The average Bonchev–Trinajstić information content (AvgIpc) is 0.693. The zero-order valence-corrected chi connectivity index (χ0v) is 61.2. The third-order valence-corrected chi connectivity index (χ3v) is 21.5. The van der Waals surface area contributed by atoms with Crippen LogP contribution in [0.2, 0.25) is 0 Å². The van der Waals surface area contributed by atoms with Gasteiger partial charge in [0.15, 0.2) is 0 Å². The predicted octanol–water partition coefficient (Wildman–Crippen LogP) is 26.9. The lowest BCUT2D eigenvalue weighted by molar-refractivity contribution is 1.22. The van der Waals surface area contributed by atoms with Crippen LogP contribution in [-0.2, 0) is 0 Å². The minimum absolute atomic E-state index is 0.300. The highest BCUT2D eigenvalue weighted by molar-refractivity contribution is 7.00. The number of anilines is 8. The number of fused-ring (bicyclic) bond motifs is 8. The summed E-state index contributed by atoms with van der Waals surface area (Å²) in [5.41, 5.74) is 30.6. The number of para-hydroxylation sites is 3. The number of hydrogen-bond donors (Lipinski definition) is 0. The lowest BCUT2D eigenvalue weighted by Crippen LogP contribution is -2.61. The van der Waals surface area contributed by atoms with Crippen LogP contribution in [0.4, 0.5) is 45.5 Å². The number of hydrogen-bond acceptors (Lipinski definition) is 3. The second-order valence-corrected chi connectivity index (χ2v) is 27.9. The highest BCUT2D eigenvalue weighted by Gasteiger charge is 2.45. The summed E-state index contributed by atoms with van der Waals surface area (Å²) in [6, 6.07) is 117. The van der Waals surface area contributed by atoms with E-state index in [1.807, 2.05) is 43.4 Å². The van der Waals surface area contributed by atoms with E-state index in [4.69, 9.17) is 0 Å². The van der Waals surface area contributed by atoms with Crippen molar-refractivity contribution in [3.05, 3.63) is 454 Å².